The molecule has 0 aliphatic carbocycles. The number of thiazole rings is 1. The molecule has 1 N–H and O–H groups in total. The van der Waals surface area contributed by atoms with E-state index in [1.54, 1.807) is 18.2 Å². The van der Waals surface area contributed by atoms with Gasteiger partial charge in [0.1, 0.15) is 5.75 Å². The van der Waals surface area contributed by atoms with Crippen molar-refractivity contribution in [1.29, 1.82) is 0 Å². The molecule has 0 aliphatic rings. The van der Waals surface area contributed by atoms with Crippen molar-refractivity contribution in [2.45, 2.75) is 6.18 Å². The van der Waals surface area contributed by atoms with E-state index in [-0.39, 0.29) is 11.5 Å². The van der Waals surface area contributed by atoms with Gasteiger partial charge in [0.25, 0.3) is 0 Å². The summed E-state index contributed by atoms with van der Waals surface area (Å²) in [6, 6.07) is 16.2. The van der Waals surface area contributed by atoms with Crippen LogP contribution in [-0.4, -0.2) is 16.1 Å². The summed E-state index contributed by atoms with van der Waals surface area (Å²) in [5.41, 5.74) is 2.38. The number of nitro benzene ring substituents is 1. The second kappa shape index (κ2) is 8.63. The summed E-state index contributed by atoms with van der Waals surface area (Å²) < 4.78 is 45.1. The summed E-state index contributed by atoms with van der Waals surface area (Å²) in [6.07, 6.45) is -3.20. The average molecular weight is 458 g/mol. The molecule has 0 saturated heterocycles. The van der Waals surface area contributed by atoms with E-state index in [4.69, 9.17) is 4.74 Å². The highest BCUT2D eigenvalue weighted by molar-refractivity contribution is 7.22. The van der Waals surface area contributed by atoms with Crippen molar-refractivity contribution in [2.24, 2.45) is 5.10 Å². The summed E-state index contributed by atoms with van der Waals surface area (Å²) in [5, 5.41) is 16.0. The molecule has 7 nitrogen and oxygen atoms in total. The monoisotopic (exact) mass is 458 g/mol. The van der Waals surface area contributed by atoms with E-state index in [0.717, 1.165) is 22.3 Å². The van der Waals surface area contributed by atoms with Gasteiger partial charge in [-0.15, -0.1) is 0 Å². The molecule has 32 heavy (non-hydrogen) atoms. The third-order valence-corrected chi connectivity index (χ3v) is 5.18. The molecule has 0 amide bonds. The normalized spacial score (nSPS) is 11.7. The van der Waals surface area contributed by atoms with Crippen LogP contribution in [0.4, 0.5) is 24.0 Å². The first-order valence-corrected chi connectivity index (χ1v) is 9.89. The highest BCUT2D eigenvalue weighted by Crippen LogP contribution is 2.37. The molecule has 162 valence electrons. The fourth-order valence-corrected chi connectivity index (χ4v) is 3.61. The van der Waals surface area contributed by atoms with E-state index in [0.29, 0.717) is 16.8 Å². The molecule has 0 spiro atoms. The lowest BCUT2D eigenvalue weighted by atomic mass is 10.2. The summed E-state index contributed by atoms with van der Waals surface area (Å²) in [6.45, 7) is 0. The molecule has 0 unspecified atom stereocenters. The predicted octanol–water partition coefficient (Wildman–Crippen LogP) is 6.46. The Morgan fingerprint density at radius 2 is 1.91 bits per heavy atom. The van der Waals surface area contributed by atoms with Gasteiger partial charge in [-0.25, -0.2) is 4.98 Å². The second-order valence-corrected chi connectivity index (χ2v) is 7.50. The van der Waals surface area contributed by atoms with E-state index >= 15 is 0 Å². The first-order valence-electron chi connectivity index (χ1n) is 9.08. The van der Waals surface area contributed by atoms with Crippen LogP contribution in [0.2, 0.25) is 0 Å². The molecule has 4 rings (SSSR count). The maximum Gasteiger partial charge on any atom is 0.416 e. The summed E-state index contributed by atoms with van der Waals surface area (Å²) >= 11 is 1.44. The van der Waals surface area contributed by atoms with Crippen molar-refractivity contribution in [2.75, 3.05) is 5.43 Å². The lowest BCUT2D eigenvalue weighted by Crippen LogP contribution is -2.06. The number of hydrazone groups is 1. The van der Waals surface area contributed by atoms with Gasteiger partial charge < -0.3 is 4.74 Å². The molecule has 0 atom stereocenters. The number of hydrogen-bond donors (Lipinski definition) is 1. The van der Waals surface area contributed by atoms with Crippen molar-refractivity contribution < 1.29 is 22.8 Å². The highest BCUT2D eigenvalue weighted by atomic mass is 32.1. The van der Waals surface area contributed by atoms with Gasteiger partial charge in [-0.05, 0) is 42.0 Å². The molecule has 4 aromatic rings. The summed E-state index contributed by atoms with van der Waals surface area (Å²) in [5.74, 6) is -0.0958. The zero-order chi connectivity index (χ0) is 22.7. The minimum absolute atomic E-state index is 0.205. The molecule has 1 heterocycles. The standard InChI is InChI=1S/C21H13F3N4O3S/c22-21(23,24)14-8-9-18(17(11-14)28(29)30)31-15-5-3-4-13(10-15)12-25-27-20-26-16-6-1-2-7-19(16)32-20/h1-12H,(H,26,27)/b25-12-. The number of hydrogen-bond acceptors (Lipinski definition) is 7. The van der Waals surface area contributed by atoms with Gasteiger partial charge in [-0.1, -0.05) is 35.6 Å². The number of nitro groups is 1. The van der Waals surface area contributed by atoms with Gasteiger partial charge in [0.15, 0.2) is 0 Å². The SMILES string of the molecule is O=[N+]([O-])c1cc(C(F)(F)F)ccc1Oc1cccc(/C=N\Nc2nc3ccccc3s2)c1. The van der Waals surface area contributed by atoms with Gasteiger partial charge in [0.2, 0.25) is 10.9 Å². The van der Waals surface area contributed by atoms with Gasteiger partial charge in [-0.2, -0.15) is 18.3 Å². The Kier molecular flexibility index (Phi) is 5.73. The van der Waals surface area contributed by atoms with E-state index < -0.39 is 22.4 Å². The van der Waals surface area contributed by atoms with Gasteiger partial charge in [-0.3, -0.25) is 15.5 Å². The Morgan fingerprint density at radius 3 is 2.66 bits per heavy atom. The molecule has 3 aromatic carbocycles. The maximum atomic E-state index is 12.9. The van der Waals surface area contributed by atoms with Crippen LogP contribution in [-0.2, 0) is 6.18 Å². The summed E-state index contributed by atoms with van der Waals surface area (Å²) in [7, 11) is 0. The van der Waals surface area contributed by atoms with Crippen LogP contribution in [0.25, 0.3) is 10.2 Å². The second-order valence-electron chi connectivity index (χ2n) is 6.47. The lowest BCUT2D eigenvalue weighted by Gasteiger charge is -2.10. The van der Waals surface area contributed by atoms with Crippen molar-refractivity contribution >= 4 is 38.6 Å². The first-order chi connectivity index (χ1) is 15.3. The number of fused-ring (bicyclic) bond motifs is 1. The van der Waals surface area contributed by atoms with Gasteiger partial charge in [0, 0.05) is 6.07 Å². The largest absolute Gasteiger partial charge is 0.450 e. The maximum absolute atomic E-state index is 12.9. The molecule has 11 heteroatoms. The number of nitrogens with one attached hydrogen (secondary N) is 1. The number of benzene rings is 3. The highest BCUT2D eigenvalue weighted by Gasteiger charge is 2.33. The fourth-order valence-electron chi connectivity index (χ4n) is 2.79. The molecular formula is C21H13F3N4O3S. The summed E-state index contributed by atoms with van der Waals surface area (Å²) in [4.78, 5) is 14.7. The molecule has 0 aliphatic heterocycles. The number of anilines is 1. The van der Waals surface area contributed by atoms with Crippen LogP contribution >= 0.6 is 11.3 Å². The third kappa shape index (κ3) is 4.83. The lowest BCUT2D eigenvalue weighted by molar-refractivity contribution is -0.385. The van der Waals surface area contributed by atoms with Crippen molar-refractivity contribution in [1.82, 2.24) is 4.98 Å². The first kappa shape index (κ1) is 21.2. The number of halogens is 3. The minimum Gasteiger partial charge on any atom is -0.450 e. The molecule has 0 fully saturated rings. The average Bonchev–Trinajstić information content (AvgIpc) is 3.16. The Labute approximate surface area is 182 Å². The fraction of sp³-hybridized carbons (Fsp3) is 0.0476. The minimum atomic E-state index is -4.70. The number of alkyl halides is 3. The molecule has 0 saturated carbocycles. The Bertz CT molecular complexity index is 1290. The van der Waals surface area contributed by atoms with Crippen LogP contribution in [0.1, 0.15) is 11.1 Å². The number of aromatic nitrogens is 1. The third-order valence-electron chi connectivity index (χ3n) is 4.24. The molecule has 1 aromatic heterocycles. The number of para-hydroxylation sites is 1. The van der Waals surface area contributed by atoms with Crippen LogP contribution in [0, 0.1) is 10.1 Å². The number of nitrogens with zero attached hydrogens (tertiary/aromatic N) is 3. The van der Waals surface area contributed by atoms with Gasteiger partial charge >= 0.3 is 11.9 Å². The van der Waals surface area contributed by atoms with Crippen LogP contribution in [0.15, 0.2) is 71.8 Å². The topological polar surface area (TPSA) is 89.7 Å². The van der Waals surface area contributed by atoms with E-state index in [9.17, 15) is 23.3 Å². The number of rotatable bonds is 6. The number of ether oxygens (including phenoxy) is 1. The van der Waals surface area contributed by atoms with Crippen molar-refractivity contribution in [3.63, 3.8) is 0 Å². The Morgan fingerprint density at radius 1 is 1.09 bits per heavy atom. The van der Waals surface area contributed by atoms with E-state index in [1.165, 1.54) is 23.6 Å². The Hall–Kier alpha value is -3.99. The Balaban J connectivity index is 1.50. The van der Waals surface area contributed by atoms with Crippen molar-refractivity contribution in [3.8, 4) is 11.5 Å². The van der Waals surface area contributed by atoms with Crippen LogP contribution in [0.5, 0.6) is 11.5 Å². The molecule has 0 bridgehead atoms. The van der Waals surface area contributed by atoms with Crippen LogP contribution < -0.4 is 10.2 Å². The molecule has 0 radical (unpaired) electrons. The quantitative estimate of drug-likeness (QED) is 0.203. The van der Waals surface area contributed by atoms with E-state index in [1.807, 2.05) is 24.3 Å². The predicted molar refractivity (Wildman–Crippen MR) is 115 cm³/mol. The molecular weight excluding hydrogens is 445 g/mol. The van der Waals surface area contributed by atoms with E-state index in [2.05, 4.69) is 15.5 Å². The van der Waals surface area contributed by atoms with Crippen LogP contribution in [0.3, 0.4) is 0 Å². The van der Waals surface area contributed by atoms with Gasteiger partial charge in [0.05, 0.1) is 26.9 Å². The smallest absolute Gasteiger partial charge is 0.416 e. The van der Waals surface area contributed by atoms with Crippen molar-refractivity contribution in [3.05, 3.63) is 88.0 Å². The zero-order valence-electron chi connectivity index (χ0n) is 16.0. The zero-order valence-corrected chi connectivity index (χ0v) is 16.9.